The molecule has 17 heavy (non-hydrogen) atoms. The van der Waals surface area contributed by atoms with E-state index in [2.05, 4.69) is 44.7 Å². The first-order valence-corrected chi connectivity index (χ1v) is 7.44. The van der Waals surface area contributed by atoms with E-state index in [0.717, 1.165) is 20.9 Å². The monoisotopic (exact) mass is 315 g/mol. The molecule has 0 atom stereocenters. The van der Waals surface area contributed by atoms with Crippen LogP contribution < -0.4 is 0 Å². The zero-order valence-corrected chi connectivity index (χ0v) is 13.3. The van der Waals surface area contributed by atoms with E-state index >= 15 is 0 Å². The maximum atomic E-state index is 4.50. The molecule has 94 valence electrons. The third-order valence-electron chi connectivity index (χ3n) is 2.49. The molecule has 0 amide bonds. The molecule has 0 saturated carbocycles. The lowest BCUT2D eigenvalue weighted by atomic mass is 10.3. The van der Waals surface area contributed by atoms with Crippen LogP contribution in [0.3, 0.4) is 0 Å². The standard InChI is InChI=1S/C12H18BrN3S/c1-8(2)16(4)7-14-11-6-10(13)12(17-5)15-9(11)3/h6-8H,1-5H3. The average molecular weight is 316 g/mol. The Balaban J connectivity index is 2.96. The molecule has 1 heterocycles. The number of rotatable bonds is 4. The summed E-state index contributed by atoms with van der Waals surface area (Å²) in [5.41, 5.74) is 1.85. The van der Waals surface area contributed by atoms with Crippen molar-refractivity contribution in [2.45, 2.75) is 31.8 Å². The van der Waals surface area contributed by atoms with Crippen molar-refractivity contribution >= 4 is 39.7 Å². The molecule has 0 radical (unpaired) electrons. The number of halogens is 1. The molecule has 1 rings (SSSR count). The van der Waals surface area contributed by atoms with Crippen LogP contribution in [0.15, 0.2) is 20.6 Å². The lowest BCUT2D eigenvalue weighted by Gasteiger charge is -2.17. The van der Waals surface area contributed by atoms with Crippen molar-refractivity contribution in [1.82, 2.24) is 9.88 Å². The lowest BCUT2D eigenvalue weighted by Crippen LogP contribution is -2.24. The molecule has 1 aromatic rings. The number of nitrogens with zero attached hydrogens (tertiary/aromatic N) is 3. The van der Waals surface area contributed by atoms with Gasteiger partial charge in [0.05, 0.1) is 22.2 Å². The fraction of sp³-hybridized carbons (Fsp3) is 0.500. The molecule has 0 N–H and O–H groups in total. The summed E-state index contributed by atoms with van der Waals surface area (Å²) in [6.45, 7) is 6.24. The van der Waals surface area contributed by atoms with E-state index in [4.69, 9.17) is 0 Å². The maximum absolute atomic E-state index is 4.50. The maximum Gasteiger partial charge on any atom is 0.110 e. The van der Waals surface area contributed by atoms with Crippen molar-refractivity contribution in [1.29, 1.82) is 0 Å². The Morgan fingerprint density at radius 1 is 1.53 bits per heavy atom. The molecule has 0 aliphatic carbocycles. The highest BCUT2D eigenvalue weighted by molar-refractivity contribution is 9.10. The Morgan fingerprint density at radius 2 is 2.18 bits per heavy atom. The van der Waals surface area contributed by atoms with Gasteiger partial charge < -0.3 is 4.90 Å². The van der Waals surface area contributed by atoms with Crippen molar-refractivity contribution < 1.29 is 0 Å². The summed E-state index contributed by atoms with van der Waals surface area (Å²) < 4.78 is 0.995. The first kappa shape index (κ1) is 14.5. The zero-order chi connectivity index (χ0) is 13.0. The summed E-state index contributed by atoms with van der Waals surface area (Å²) >= 11 is 5.13. The van der Waals surface area contributed by atoms with E-state index < -0.39 is 0 Å². The molecule has 1 aromatic heterocycles. The van der Waals surface area contributed by atoms with Crippen LogP contribution in [0.25, 0.3) is 0 Å². The number of hydrogen-bond acceptors (Lipinski definition) is 3. The first-order chi connectivity index (χ1) is 7.95. The smallest absolute Gasteiger partial charge is 0.110 e. The Kier molecular flexibility index (Phi) is 5.46. The van der Waals surface area contributed by atoms with Crippen LogP contribution >= 0.6 is 27.7 Å². The second-order valence-corrected chi connectivity index (χ2v) is 5.74. The van der Waals surface area contributed by atoms with Gasteiger partial charge >= 0.3 is 0 Å². The van der Waals surface area contributed by atoms with Crippen LogP contribution in [0, 0.1) is 6.92 Å². The van der Waals surface area contributed by atoms with Crippen molar-refractivity contribution in [3.8, 4) is 0 Å². The van der Waals surface area contributed by atoms with E-state index in [0.29, 0.717) is 6.04 Å². The van der Waals surface area contributed by atoms with Gasteiger partial charge in [-0.3, -0.25) is 0 Å². The highest BCUT2D eigenvalue weighted by atomic mass is 79.9. The van der Waals surface area contributed by atoms with Gasteiger partial charge in [0.25, 0.3) is 0 Å². The summed E-state index contributed by atoms with van der Waals surface area (Å²) in [7, 11) is 2.02. The number of hydrogen-bond donors (Lipinski definition) is 0. The van der Waals surface area contributed by atoms with Gasteiger partial charge in [-0.15, -0.1) is 11.8 Å². The zero-order valence-electron chi connectivity index (χ0n) is 10.9. The summed E-state index contributed by atoms with van der Waals surface area (Å²) in [6, 6.07) is 2.46. The van der Waals surface area contributed by atoms with Gasteiger partial charge in [0.2, 0.25) is 0 Å². The van der Waals surface area contributed by atoms with Crippen LogP contribution in [0.4, 0.5) is 5.69 Å². The van der Waals surface area contributed by atoms with Gasteiger partial charge in [0, 0.05) is 13.1 Å². The van der Waals surface area contributed by atoms with Crippen molar-refractivity contribution in [2.75, 3.05) is 13.3 Å². The molecule has 3 nitrogen and oxygen atoms in total. The van der Waals surface area contributed by atoms with Crippen LogP contribution in [0.1, 0.15) is 19.5 Å². The lowest BCUT2D eigenvalue weighted by molar-refractivity contribution is 0.429. The van der Waals surface area contributed by atoms with E-state index in [1.165, 1.54) is 0 Å². The summed E-state index contributed by atoms with van der Waals surface area (Å²) in [4.78, 5) is 11.0. The first-order valence-electron chi connectivity index (χ1n) is 5.43. The normalized spacial score (nSPS) is 11.5. The van der Waals surface area contributed by atoms with E-state index in [1.807, 2.05) is 32.6 Å². The van der Waals surface area contributed by atoms with Crippen molar-refractivity contribution in [3.05, 3.63) is 16.2 Å². The van der Waals surface area contributed by atoms with Gasteiger partial charge in [-0.25, -0.2) is 9.98 Å². The van der Waals surface area contributed by atoms with Gasteiger partial charge in [0.15, 0.2) is 0 Å². The predicted octanol–water partition coefficient (Wildman–Crippen LogP) is 3.87. The van der Waals surface area contributed by atoms with E-state index in [-0.39, 0.29) is 0 Å². The topological polar surface area (TPSA) is 28.5 Å². The van der Waals surface area contributed by atoms with Crippen molar-refractivity contribution in [2.24, 2.45) is 4.99 Å². The molecule has 5 heteroatoms. The summed E-state index contributed by atoms with van der Waals surface area (Å²) in [5, 5.41) is 0.999. The molecule has 0 bridgehead atoms. The third kappa shape index (κ3) is 4.00. The third-order valence-corrected chi connectivity index (χ3v) is 4.06. The molecule has 0 spiro atoms. The molecule has 0 unspecified atom stereocenters. The van der Waals surface area contributed by atoms with Crippen LogP contribution in [0.5, 0.6) is 0 Å². The van der Waals surface area contributed by atoms with Crippen LogP contribution in [0.2, 0.25) is 0 Å². The minimum absolute atomic E-state index is 0.445. The van der Waals surface area contributed by atoms with Crippen molar-refractivity contribution in [3.63, 3.8) is 0 Å². The quantitative estimate of drug-likeness (QED) is 0.479. The average Bonchev–Trinajstić information content (AvgIpc) is 2.29. The molecule has 0 fully saturated rings. The Hall–Kier alpha value is -0.550. The fourth-order valence-electron chi connectivity index (χ4n) is 1.11. The van der Waals surface area contributed by atoms with E-state index in [9.17, 15) is 0 Å². The highest BCUT2D eigenvalue weighted by Gasteiger charge is 2.06. The van der Waals surface area contributed by atoms with Gasteiger partial charge in [-0.05, 0) is 49.0 Å². The summed E-state index contributed by atoms with van der Waals surface area (Å²) in [6.07, 6.45) is 3.86. The van der Waals surface area contributed by atoms with Crippen LogP contribution in [-0.2, 0) is 0 Å². The molecule has 0 saturated heterocycles. The Bertz CT molecular complexity index is 418. The number of pyridine rings is 1. The van der Waals surface area contributed by atoms with Crippen LogP contribution in [-0.4, -0.2) is 35.6 Å². The highest BCUT2D eigenvalue weighted by Crippen LogP contribution is 2.29. The number of aryl methyl sites for hydroxylation is 1. The Labute approximate surface area is 116 Å². The Morgan fingerprint density at radius 3 is 2.71 bits per heavy atom. The van der Waals surface area contributed by atoms with Gasteiger partial charge in [-0.2, -0.15) is 0 Å². The predicted molar refractivity (Wildman–Crippen MR) is 79.5 cm³/mol. The van der Waals surface area contributed by atoms with E-state index in [1.54, 1.807) is 11.8 Å². The largest absolute Gasteiger partial charge is 0.363 e. The minimum atomic E-state index is 0.445. The molecular formula is C12H18BrN3S. The number of aromatic nitrogens is 1. The number of aliphatic imine (C=N–C) groups is 1. The van der Waals surface area contributed by atoms with Gasteiger partial charge in [0.1, 0.15) is 5.03 Å². The molecule has 0 aromatic carbocycles. The molecule has 0 aliphatic heterocycles. The fourth-order valence-corrected chi connectivity index (χ4v) is 2.38. The molecular weight excluding hydrogens is 298 g/mol. The summed E-state index contributed by atoms with van der Waals surface area (Å²) in [5.74, 6) is 0. The minimum Gasteiger partial charge on any atom is -0.363 e. The van der Waals surface area contributed by atoms with Gasteiger partial charge in [-0.1, -0.05) is 0 Å². The SMILES string of the molecule is CSc1nc(C)c(N=CN(C)C(C)C)cc1Br. The second kappa shape index (κ2) is 6.40. The number of thioether (sulfide) groups is 1. The molecule has 0 aliphatic rings. The second-order valence-electron chi connectivity index (χ2n) is 4.09.